The van der Waals surface area contributed by atoms with Gasteiger partial charge in [0.2, 0.25) is 0 Å². The van der Waals surface area contributed by atoms with Crippen LogP contribution in [0.3, 0.4) is 0 Å². The summed E-state index contributed by atoms with van der Waals surface area (Å²) in [6, 6.07) is 5.75. The van der Waals surface area contributed by atoms with Crippen LogP contribution >= 0.6 is 0 Å². The van der Waals surface area contributed by atoms with E-state index in [9.17, 15) is 4.79 Å². The van der Waals surface area contributed by atoms with Gasteiger partial charge >= 0.3 is 5.76 Å². The van der Waals surface area contributed by atoms with Crippen LogP contribution in [0.25, 0.3) is 11.1 Å². The van der Waals surface area contributed by atoms with E-state index in [1.165, 1.54) is 0 Å². The molecule has 83 valence electrons. The number of para-hydroxylation sites is 1. The van der Waals surface area contributed by atoms with Crippen molar-refractivity contribution in [3.63, 3.8) is 0 Å². The second-order valence-corrected chi connectivity index (χ2v) is 3.83. The highest BCUT2D eigenvalue weighted by Crippen LogP contribution is 2.24. The van der Waals surface area contributed by atoms with Gasteiger partial charge in [-0.15, -0.1) is 0 Å². The molecule has 1 aliphatic rings. The Hall–Kier alpha value is -1.75. The van der Waals surface area contributed by atoms with Crippen LogP contribution in [-0.2, 0) is 0 Å². The Morgan fingerprint density at radius 3 is 2.94 bits per heavy atom. The van der Waals surface area contributed by atoms with Crippen molar-refractivity contribution >= 4 is 16.8 Å². The predicted molar refractivity (Wildman–Crippen MR) is 60.9 cm³/mol. The Kier molecular flexibility index (Phi) is 2.18. The molecule has 0 saturated carbocycles. The summed E-state index contributed by atoms with van der Waals surface area (Å²) in [5.74, 6) is -0.399. The second-order valence-electron chi connectivity index (χ2n) is 3.83. The van der Waals surface area contributed by atoms with Gasteiger partial charge < -0.3 is 9.32 Å². The van der Waals surface area contributed by atoms with E-state index in [0.29, 0.717) is 5.58 Å². The summed E-state index contributed by atoms with van der Waals surface area (Å²) >= 11 is 0. The van der Waals surface area contributed by atoms with Crippen LogP contribution in [0.5, 0.6) is 0 Å². The SMILES string of the molecule is O=c1[nH]c2cccc(N3CC[N]CC3)c2o1. The maximum Gasteiger partial charge on any atom is 0.417 e. The monoisotopic (exact) mass is 218 g/mol. The van der Waals surface area contributed by atoms with Gasteiger partial charge in [-0.05, 0) is 12.1 Å². The van der Waals surface area contributed by atoms with Crippen LogP contribution in [0.4, 0.5) is 5.69 Å². The van der Waals surface area contributed by atoms with Crippen molar-refractivity contribution in [3.05, 3.63) is 28.7 Å². The number of aromatic amines is 1. The number of rotatable bonds is 1. The Bertz CT molecular complexity index is 552. The lowest BCUT2D eigenvalue weighted by Gasteiger charge is -2.28. The van der Waals surface area contributed by atoms with Crippen molar-refractivity contribution in [2.45, 2.75) is 0 Å². The van der Waals surface area contributed by atoms with E-state index in [1.54, 1.807) is 0 Å². The molecule has 1 aromatic heterocycles. The molecule has 0 spiro atoms. The number of aromatic nitrogens is 1. The average molecular weight is 218 g/mol. The van der Waals surface area contributed by atoms with Crippen LogP contribution in [0, 0.1) is 0 Å². The van der Waals surface area contributed by atoms with Crippen LogP contribution < -0.4 is 16.0 Å². The highest BCUT2D eigenvalue weighted by molar-refractivity contribution is 5.86. The number of piperazine rings is 1. The molecule has 2 heterocycles. The Morgan fingerprint density at radius 1 is 1.31 bits per heavy atom. The molecule has 0 atom stereocenters. The molecule has 1 radical (unpaired) electrons. The summed E-state index contributed by atoms with van der Waals surface area (Å²) in [4.78, 5) is 16.0. The highest BCUT2D eigenvalue weighted by Gasteiger charge is 2.16. The molecule has 0 aliphatic carbocycles. The molecule has 1 saturated heterocycles. The van der Waals surface area contributed by atoms with Crippen molar-refractivity contribution in [1.82, 2.24) is 10.3 Å². The molecule has 2 aromatic rings. The molecule has 16 heavy (non-hydrogen) atoms. The zero-order chi connectivity index (χ0) is 11.0. The third kappa shape index (κ3) is 1.49. The molecule has 1 N–H and O–H groups in total. The van der Waals surface area contributed by atoms with Crippen molar-refractivity contribution in [3.8, 4) is 0 Å². The summed E-state index contributed by atoms with van der Waals surface area (Å²) in [6.45, 7) is 3.44. The number of nitrogens with one attached hydrogen (secondary N) is 1. The summed E-state index contributed by atoms with van der Waals surface area (Å²) in [7, 11) is 0. The quantitative estimate of drug-likeness (QED) is 0.760. The molecule has 0 bridgehead atoms. The smallest absolute Gasteiger partial charge is 0.406 e. The topological polar surface area (TPSA) is 63.3 Å². The first-order valence-electron chi connectivity index (χ1n) is 5.34. The van der Waals surface area contributed by atoms with Crippen molar-refractivity contribution < 1.29 is 4.42 Å². The normalized spacial score (nSPS) is 16.9. The van der Waals surface area contributed by atoms with Crippen LogP contribution in [0.2, 0.25) is 0 Å². The lowest BCUT2D eigenvalue weighted by molar-refractivity contribution is 0.546. The number of hydrogen-bond acceptors (Lipinski definition) is 3. The van der Waals surface area contributed by atoms with Gasteiger partial charge in [0.1, 0.15) is 0 Å². The number of nitrogens with zero attached hydrogens (tertiary/aromatic N) is 2. The van der Waals surface area contributed by atoms with Gasteiger partial charge in [0.05, 0.1) is 11.2 Å². The number of benzene rings is 1. The van der Waals surface area contributed by atoms with E-state index in [2.05, 4.69) is 15.2 Å². The Balaban J connectivity index is 2.11. The summed E-state index contributed by atoms with van der Waals surface area (Å²) < 4.78 is 5.17. The first-order chi connectivity index (χ1) is 7.84. The van der Waals surface area contributed by atoms with Crippen LogP contribution in [0.1, 0.15) is 0 Å². The molecule has 0 unspecified atom stereocenters. The lowest BCUT2D eigenvalue weighted by Crippen LogP contribution is -2.40. The molecule has 3 rings (SSSR count). The third-order valence-electron chi connectivity index (χ3n) is 2.82. The number of fused-ring (bicyclic) bond motifs is 1. The van der Waals surface area contributed by atoms with Gasteiger partial charge in [-0.1, -0.05) is 6.07 Å². The largest absolute Gasteiger partial charge is 0.417 e. The Morgan fingerprint density at radius 2 is 2.12 bits per heavy atom. The fourth-order valence-corrected chi connectivity index (χ4v) is 2.06. The van der Waals surface area contributed by atoms with Crippen molar-refractivity contribution in [1.29, 1.82) is 0 Å². The minimum absolute atomic E-state index is 0.399. The third-order valence-corrected chi connectivity index (χ3v) is 2.82. The van der Waals surface area contributed by atoms with E-state index in [0.717, 1.165) is 37.4 Å². The first kappa shape index (κ1) is 9.47. The molecular formula is C11H12N3O2. The second kappa shape index (κ2) is 3.68. The van der Waals surface area contributed by atoms with Gasteiger partial charge in [-0.25, -0.2) is 10.1 Å². The van der Waals surface area contributed by atoms with E-state index >= 15 is 0 Å². The van der Waals surface area contributed by atoms with Crippen molar-refractivity contribution in [2.75, 3.05) is 31.1 Å². The first-order valence-corrected chi connectivity index (χ1v) is 5.34. The maximum atomic E-state index is 11.2. The number of anilines is 1. The summed E-state index contributed by atoms with van der Waals surface area (Å²) in [5, 5.41) is 4.30. The molecule has 1 aliphatic heterocycles. The highest BCUT2D eigenvalue weighted by atomic mass is 16.4. The van der Waals surface area contributed by atoms with E-state index in [1.807, 2.05) is 18.2 Å². The van der Waals surface area contributed by atoms with E-state index in [-0.39, 0.29) is 0 Å². The summed E-state index contributed by atoms with van der Waals surface area (Å²) in [5.41, 5.74) is 2.38. The molecular weight excluding hydrogens is 206 g/mol. The fraction of sp³-hybridized carbons (Fsp3) is 0.364. The lowest BCUT2D eigenvalue weighted by atomic mass is 10.2. The average Bonchev–Trinajstić information content (AvgIpc) is 2.70. The Labute approximate surface area is 92.1 Å². The number of oxazole rings is 1. The number of H-pyrrole nitrogens is 1. The summed E-state index contributed by atoms with van der Waals surface area (Å²) in [6.07, 6.45) is 0. The molecule has 1 aromatic carbocycles. The predicted octanol–water partition coefficient (Wildman–Crippen LogP) is 0.546. The molecule has 0 amide bonds. The van der Waals surface area contributed by atoms with Crippen LogP contribution in [0.15, 0.2) is 27.4 Å². The zero-order valence-electron chi connectivity index (χ0n) is 8.77. The van der Waals surface area contributed by atoms with E-state index < -0.39 is 5.76 Å². The maximum absolute atomic E-state index is 11.2. The van der Waals surface area contributed by atoms with Crippen molar-refractivity contribution in [2.24, 2.45) is 0 Å². The zero-order valence-corrected chi connectivity index (χ0v) is 8.77. The molecule has 5 nitrogen and oxygen atoms in total. The van der Waals surface area contributed by atoms with Gasteiger partial charge in [0.25, 0.3) is 0 Å². The van der Waals surface area contributed by atoms with Gasteiger partial charge in [-0.2, -0.15) is 0 Å². The minimum Gasteiger partial charge on any atom is -0.406 e. The fourth-order valence-electron chi connectivity index (χ4n) is 2.06. The van der Waals surface area contributed by atoms with Gasteiger partial charge in [-0.3, -0.25) is 4.98 Å². The standard InChI is InChI=1S/C11H12N3O2/c15-11-13-8-2-1-3-9(10(8)16-11)14-6-4-12-5-7-14/h1-3H,4-7H2,(H,13,15). The minimum atomic E-state index is -0.399. The molecule has 1 fully saturated rings. The van der Waals surface area contributed by atoms with Gasteiger partial charge in [0.15, 0.2) is 5.58 Å². The van der Waals surface area contributed by atoms with Gasteiger partial charge in [0, 0.05) is 26.2 Å². The number of hydrogen-bond donors (Lipinski definition) is 1. The molecule has 5 heteroatoms. The van der Waals surface area contributed by atoms with E-state index in [4.69, 9.17) is 4.42 Å². The van der Waals surface area contributed by atoms with Crippen LogP contribution in [-0.4, -0.2) is 31.2 Å².